The highest BCUT2D eigenvalue weighted by Crippen LogP contribution is 2.24. The quantitative estimate of drug-likeness (QED) is 0.323. The number of guanidine groups is 1. The van der Waals surface area contributed by atoms with Gasteiger partial charge in [0.1, 0.15) is 24.2 Å². The third-order valence-electron chi connectivity index (χ3n) is 3.63. The highest BCUT2D eigenvalue weighted by molar-refractivity contribution is 14.0. The van der Waals surface area contributed by atoms with Crippen LogP contribution in [0.2, 0.25) is 0 Å². The van der Waals surface area contributed by atoms with Crippen LogP contribution in [0.3, 0.4) is 0 Å². The normalized spacial score (nSPS) is 12.3. The first-order valence-electron chi connectivity index (χ1n) is 8.29. The maximum absolute atomic E-state index is 5.94. The Bertz CT molecular complexity index is 721. The molecule has 1 heterocycles. The van der Waals surface area contributed by atoms with E-state index in [4.69, 9.17) is 4.74 Å². The van der Waals surface area contributed by atoms with Crippen molar-refractivity contribution in [2.45, 2.75) is 33.4 Å². The molecule has 0 bridgehead atoms. The lowest BCUT2D eigenvalue weighted by Crippen LogP contribution is -2.41. The van der Waals surface area contributed by atoms with E-state index in [1.165, 1.54) is 0 Å². The van der Waals surface area contributed by atoms with Crippen LogP contribution in [0.25, 0.3) is 0 Å². The van der Waals surface area contributed by atoms with Crippen molar-refractivity contribution >= 4 is 45.9 Å². The Morgan fingerprint density at radius 3 is 2.65 bits per heavy atom. The van der Waals surface area contributed by atoms with Crippen LogP contribution in [0.15, 0.2) is 33.7 Å². The van der Waals surface area contributed by atoms with E-state index in [-0.39, 0.29) is 30.1 Å². The number of aliphatic imine (C=N–C) groups is 1. The Balaban J connectivity index is 0.00000338. The molecule has 0 aliphatic heterocycles. The summed E-state index contributed by atoms with van der Waals surface area (Å²) in [7, 11) is 1.94. The van der Waals surface area contributed by atoms with Crippen LogP contribution in [0.4, 0.5) is 0 Å². The minimum atomic E-state index is -0.0142. The van der Waals surface area contributed by atoms with Gasteiger partial charge in [0.25, 0.3) is 0 Å². The molecule has 26 heavy (non-hydrogen) atoms. The molecule has 0 fully saturated rings. The molecule has 0 radical (unpaired) electrons. The lowest BCUT2D eigenvalue weighted by Gasteiger charge is -2.18. The average Bonchev–Trinajstić information content (AvgIpc) is 2.91. The molecule has 0 aliphatic rings. The van der Waals surface area contributed by atoms with Gasteiger partial charge in [0.15, 0.2) is 11.8 Å². The number of ether oxygens (including phenoxy) is 1. The standard InChI is InChI=1S/C17H25BrN6O.HI/c1-5-19-17(21-11-16-23-22-13(3)24(16)4)20-10-12(2)25-15-9-7-6-8-14(15)18;/h6-9,12H,5,10-11H2,1-4H3,(H2,19,20,21);1H. The molecular formula is C17H26BrIN6O. The molecule has 2 aromatic rings. The first-order valence-corrected chi connectivity index (χ1v) is 9.08. The van der Waals surface area contributed by atoms with Crippen molar-refractivity contribution in [1.29, 1.82) is 0 Å². The van der Waals surface area contributed by atoms with Crippen molar-refractivity contribution < 1.29 is 4.74 Å². The molecular weight excluding hydrogens is 511 g/mol. The van der Waals surface area contributed by atoms with E-state index in [0.717, 1.165) is 34.4 Å². The molecule has 0 saturated heterocycles. The van der Waals surface area contributed by atoms with E-state index >= 15 is 0 Å². The Morgan fingerprint density at radius 1 is 1.31 bits per heavy atom. The van der Waals surface area contributed by atoms with Gasteiger partial charge in [-0.1, -0.05) is 12.1 Å². The molecule has 0 aliphatic carbocycles. The van der Waals surface area contributed by atoms with E-state index < -0.39 is 0 Å². The molecule has 1 aromatic carbocycles. The van der Waals surface area contributed by atoms with Gasteiger partial charge < -0.3 is 19.9 Å². The van der Waals surface area contributed by atoms with Crippen LogP contribution in [0.5, 0.6) is 5.75 Å². The molecule has 144 valence electrons. The summed E-state index contributed by atoms with van der Waals surface area (Å²) >= 11 is 3.49. The monoisotopic (exact) mass is 536 g/mol. The SMILES string of the molecule is CCNC(=NCc1nnc(C)n1C)NCC(C)Oc1ccccc1Br.I. The minimum Gasteiger partial charge on any atom is -0.488 e. The van der Waals surface area contributed by atoms with Gasteiger partial charge in [0, 0.05) is 13.6 Å². The van der Waals surface area contributed by atoms with Crippen molar-refractivity contribution in [2.75, 3.05) is 13.1 Å². The fourth-order valence-electron chi connectivity index (χ4n) is 2.12. The molecule has 7 nitrogen and oxygen atoms in total. The third kappa shape index (κ3) is 6.75. The smallest absolute Gasteiger partial charge is 0.191 e. The predicted octanol–water partition coefficient (Wildman–Crippen LogP) is 3.03. The second kappa shape index (κ2) is 11.4. The molecule has 1 unspecified atom stereocenters. The number of rotatable bonds is 7. The summed E-state index contributed by atoms with van der Waals surface area (Å²) in [5.74, 6) is 3.25. The minimum absolute atomic E-state index is 0. The Morgan fingerprint density at radius 2 is 2.04 bits per heavy atom. The van der Waals surface area contributed by atoms with Gasteiger partial charge in [0.2, 0.25) is 0 Å². The summed E-state index contributed by atoms with van der Waals surface area (Å²) in [6, 6.07) is 7.82. The highest BCUT2D eigenvalue weighted by atomic mass is 127. The summed E-state index contributed by atoms with van der Waals surface area (Å²) in [6.07, 6.45) is -0.0142. The summed E-state index contributed by atoms with van der Waals surface area (Å²) < 4.78 is 8.82. The zero-order chi connectivity index (χ0) is 18.2. The van der Waals surface area contributed by atoms with Gasteiger partial charge in [-0.3, -0.25) is 0 Å². The summed E-state index contributed by atoms with van der Waals surface area (Å²) in [4.78, 5) is 4.56. The Hall–Kier alpha value is -1.36. The fraction of sp³-hybridized carbons (Fsp3) is 0.471. The fourth-order valence-corrected chi connectivity index (χ4v) is 2.50. The highest BCUT2D eigenvalue weighted by Gasteiger charge is 2.09. The topological polar surface area (TPSA) is 76.4 Å². The second-order valence-corrected chi connectivity index (χ2v) is 6.51. The number of hydrogen-bond acceptors (Lipinski definition) is 4. The summed E-state index contributed by atoms with van der Waals surface area (Å²) in [5, 5.41) is 14.7. The van der Waals surface area contributed by atoms with Gasteiger partial charge in [-0.05, 0) is 48.8 Å². The Kier molecular flexibility index (Phi) is 9.92. The maximum atomic E-state index is 5.94. The first kappa shape index (κ1) is 22.7. The van der Waals surface area contributed by atoms with Gasteiger partial charge in [-0.25, -0.2) is 4.99 Å². The molecule has 0 amide bonds. The molecule has 1 aromatic heterocycles. The second-order valence-electron chi connectivity index (χ2n) is 5.66. The number of nitrogens with zero attached hydrogens (tertiary/aromatic N) is 4. The van der Waals surface area contributed by atoms with E-state index in [0.29, 0.717) is 13.1 Å². The largest absolute Gasteiger partial charge is 0.488 e. The van der Waals surface area contributed by atoms with Crippen LogP contribution in [0, 0.1) is 6.92 Å². The molecule has 2 N–H and O–H groups in total. The van der Waals surface area contributed by atoms with E-state index in [9.17, 15) is 0 Å². The first-order chi connectivity index (χ1) is 12.0. The van der Waals surface area contributed by atoms with Crippen LogP contribution < -0.4 is 15.4 Å². The van der Waals surface area contributed by atoms with Crippen LogP contribution in [-0.4, -0.2) is 39.9 Å². The molecule has 9 heteroatoms. The maximum Gasteiger partial charge on any atom is 0.191 e. The van der Waals surface area contributed by atoms with Gasteiger partial charge >= 0.3 is 0 Å². The van der Waals surface area contributed by atoms with Crippen molar-refractivity contribution in [1.82, 2.24) is 25.4 Å². The number of hydrogen-bond donors (Lipinski definition) is 2. The average molecular weight is 537 g/mol. The lowest BCUT2D eigenvalue weighted by molar-refractivity contribution is 0.222. The zero-order valence-corrected chi connectivity index (χ0v) is 19.4. The lowest BCUT2D eigenvalue weighted by atomic mass is 10.3. The third-order valence-corrected chi connectivity index (χ3v) is 4.28. The number of halogens is 2. The van der Waals surface area contributed by atoms with Gasteiger partial charge in [0.05, 0.1) is 11.0 Å². The van der Waals surface area contributed by atoms with Crippen molar-refractivity contribution in [3.63, 3.8) is 0 Å². The van der Waals surface area contributed by atoms with Crippen LogP contribution in [0.1, 0.15) is 25.5 Å². The van der Waals surface area contributed by atoms with Crippen LogP contribution >= 0.6 is 39.9 Å². The number of benzene rings is 1. The van der Waals surface area contributed by atoms with E-state index in [1.807, 2.05) is 56.7 Å². The number of nitrogens with one attached hydrogen (secondary N) is 2. The summed E-state index contributed by atoms with van der Waals surface area (Å²) in [5.41, 5.74) is 0. The van der Waals surface area contributed by atoms with Crippen molar-refractivity contribution in [3.05, 3.63) is 40.4 Å². The number of aromatic nitrogens is 3. The van der Waals surface area contributed by atoms with Crippen molar-refractivity contribution in [3.8, 4) is 5.75 Å². The predicted molar refractivity (Wildman–Crippen MR) is 118 cm³/mol. The molecule has 1 atom stereocenters. The number of aryl methyl sites for hydroxylation is 1. The Labute approximate surface area is 180 Å². The van der Waals surface area contributed by atoms with Crippen LogP contribution in [-0.2, 0) is 13.6 Å². The van der Waals surface area contributed by atoms with Crippen molar-refractivity contribution in [2.24, 2.45) is 12.0 Å². The number of para-hydroxylation sites is 1. The van der Waals surface area contributed by atoms with Gasteiger partial charge in [-0.2, -0.15) is 0 Å². The molecule has 2 rings (SSSR count). The summed E-state index contributed by atoms with van der Waals surface area (Å²) in [6.45, 7) is 7.84. The van der Waals surface area contributed by atoms with E-state index in [1.54, 1.807) is 0 Å². The molecule has 0 saturated carbocycles. The molecule has 0 spiro atoms. The zero-order valence-electron chi connectivity index (χ0n) is 15.5. The van der Waals surface area contributed by atoms with E-state index in [2.05, 4.69) is 41.8 Å². The van der Waals surface area contributed by atoms with Gasteiger partial charge in [-0.15, -0.1) is 34.2 Å².